The minimum atomic E-state index is -1.80. The summed E-state index contributed by atoms with van der Waals surface area (Å²) in [5.41, 5.74) is -1.20. The summed E-state index contributed by atoms with van der Waals surface area (Å²) in [6.07, 6.45) is 0. The van der Waals surface area contributed by atoms with Crippen LogP contribution in [-0.2, 0) is 5.72 Å². The molecule has 0 aliphatic carbocycles. The highest BCUT2D eigenvalue weighted by Gasteiger charge is 2.43. The molecular weight excluding hydrogens is 288 g/mol. The van der Waals surface area contributed by atoms with Gasteiger partial charge in [0, 0.05) is 22.8 Å². The van der Waals surface area contributed by atoms with Gasteiger partial charge < -0.3 is 15.2 Å². The van der Waals surface area contributed by atoms with E-state index in [0.29, 0.717) is 11.1 Å². The first-order valence-electron chi connectivity index (χ1n) is 6.44. The molecule has 1 atom stereocenters. The molecule has 7 nitrogen and oxygen atoms in total. The van der Waals surface area contributed by atoms with Gasteiger partial charge in [0.25, 0.3) is 5.91 Å². The molecule has 1 aliphatic rings. The third-order valence-corrected chi connectivity index (χ3v) is 3.65. The van der Waals surface area contributed by atoms with Crippen LogP contribution in [0.15, 0.2) is 42.5 Å². The maximum atomic E-state index is 12.0. The number of fused-ring (bicyclic) bond motifs is 1. The molecule has 0 spiro atoms. The second-order valence-corrected chi connectivity index (χ2v) is 4.85. The molecule has 1 heterocycles. The molecule has 112 valence electrons. The Labute approximate surface area is 125 Å². The number of rotatable bonds is 3. The maximum absolute atomic E-state index is 12.0. The molecule has 7 heteroatoms. The monoisotopic (exact) mass is 300 g/mol. The Morgan fingerprint density at radius 3 is 2.68 bits per heavy atom. The second-order valence-electron chi connectivity index (χ2n) is 4.85. The highest BCUT2D eigenvalue weighted by molar-refractivity contribution is 6.00. The largest absolute Gasteiger partial charge is 0.490 e. The van der Waals surface area contributed by atoms with Gasteiger partial charge in [0.1, 0.15) is 0 Å². The van der Waals surface area contributed by atoms with Crippen LogP contribution in [0.5, 0.6) is 5.75 Å². The topological polar surface area (TPSA) is 102 Å². The zero-order chi connectivity index (χ0) is 15.9. The molecule has 2 aromatic rings. The van der Waals surface area contributed by atoms with Gasteiger partial charge in [-0.2, -0.15) is 0 Å². The summed E-state index contributed by atoms with van der Waals surface area (Å²) in [4.78, 5) is 22.5. The van der Waals surface area contributed by atoms with E-state index < -0.39 is 16.6 Å². The van der Waals surface area contributed by atoms with Crippen molar-refractivity contribution < 1.29 is 19.6 Å². The van der Waals surface area contributed by atoms with Crippen molar-refractivity contribution in [1.82, 2.24) is 5.32 Å². The minimum absolute atomic E-state index is 0.0787. The number of nitrogens with one attached hydrogen (secondary N) is 1. The molecule has 0 fully saturated rings. The number of ether oxygens (including phenoxy) is 1. The fourth-order valence-electron chi connectivity index (χ4n) is 2.58. The molecule has 0 aromatic heterocycles. The summed E-state index contributed by atoms with van der Waals surface area (Å²) >= 11 is 0. The Kier molecular flexibility index (Phi) is 3.07. The lowest BCUT2D eigenvalue weighted by molar-refractivity contribution is -0.385. The van der Waals surface area contributed by atoms with Crippen LogP contribution < -0.4 is 10.1 Å². The van der Waals surface area contributed by atoms with E-state index in [4.69, 9.17) is 4.74 Å². The number of methoxy groups -OCH3 is 1. The lowest BCUT2D eigenvalue weighted by Gasteiger charge is -2.24. The van der Waals surface area contributed by atoms with Gasteiger partial charge in [0.15, 0.2) is 11.5 Å². The fraction of sp³-hybridized carbons (Fsp3) is 0.133. The van der Waals surface area contributed by atoms with Crippen LogP contribution in [0.3, 0.4) is 0 Å². The van der Waals surface area contributed by atoms with Crippen LogP contribution in [0.4, 0.5) is 5.69 Å². The van der Waals surface area contributed by atoms with Crippen LogP contribution >= 0.6 is 0 Å². The van der Waals surface area contributed by atoms with E-state index in [1.54, 1.807) is 24.3 Å². The van der Waals surface area contributed by atoms with Gasteiger partial charge in [-0.1, -0.05) is 18.2 Å². The average Bonchev–Trinajstić information content (AvgIpc) is 2.79. The summed E-state index contributed by atoms with van der Waals surface area (Å²) in [5.74, 6) is -0.355. The van der Waals surface area contributed by atoms with Gasteiger partial charge in [-0.05, 0) is 18.2 Å². The van der Waals surface area contributed by atoms with E-state index in [1.807, 2.05) is 0 Å². The molecule has 1 amide bonds. The van der Waals surface area contributed by atoms with Crippen molar-refractivity contribution in [3.63, 3.8) is 0 Å². The number of carbonyl (C=O) groups excluding carboxylic acids is 1. The first kappa shape index (κ1) is 14.0. The number of benzene rings is 2. The Morgan fingerprint density at radius 2 is 2.00 bits per heavy atom. The molecule has 0 saturated heterocycles. The molecule has 0 bridgehead atoms. The zero-order valence-electron chi connectivity index (χ0n) is 11.6. The van der Waals surface area contributed by atoms with Crippen molar-refractivity contribution in [3.8, 4) is 5.75 Å². The van der Waals surface area contributed by atoms with Gasteiger partial charge in [-0.3, -0.25) is 14.9 Å². The minimum Gasteiger partial charge on any atom is -0.490 e. The van der Waals surface area contributed by atoms with E-state index in [0.717, 1.165) is 0 Å². The number of nitrogens with zero attached hydrogens (tertiary/aromatic N) is 1. The number of amides is 1. The van der Waals surface area contributed by atoms with Crippen LogP contribution in [0.25, 0.3) is 0 Å². The van der Waals surface area contributed by atoms with Crippen LogP contribution in [-0.4, -0.2) is 23.0 Å². The van der Waals surface area contributed by atoms with Crippen molar-refractivity contribution in [3.05, 3.63) is 69.3 Å². The predicted molar refractivity (Wildman–Crippen MR) is 76.6 cm³/mol. The van der Waals surface area contributed by atoms with Gasteiger partial charge >= 0.3 is 5.69 Å². The quantitative estimate of drug-likeness (QED) is 0.661. The van der Waals surface area contributed by atoms with E-state index in [2.05, 4.69) is 5.32 Å². The number of hydrogen-bond donors (Lipinski definition) is 2. The average molecular weight is 300 g/mol. The summed E-state index contributed by atoms with van der Waals surface area (Å²) in [7, 11) is 1.32. The molecule has 2 N–H and O–H groups in total. The van der Waals surface area contributed by atoms with E-state index in [-0.39, 0.29) is 17.0 Å². The first-order chi connectivity index (χ1) is 10.5. The summed E-state index contributed by atoms with van der Waals surface area (Å²) < 4.78 is 4.94. The SMILES string of the molecule is COc1ccc(C2(O)NC(=O)c3ccccc32)cc1[N+](=O)[O-]. The standard InChI is InChI=1S/C15H12N2O5/c1-22-13-7-6-9(8-12(13)17(20)21)15(19)11-5-3-2-4-10(11)14(18)16-15/h2-8,19H,1H3,(H,16,18). The molecule has 0 radical (unpaired) electrons. The lowest BCUT2D eigenvalue weighted by Crippen LogP contribution is -2.40. The molecule has 0 saturated carbocycles. The third kappa shape index (κ3) is 1.91. The Morgan fingerprint density at radius 1 is 1.27 bits per heavy atom. The zero-order valence-corrected chi connectivity index (χ0v) is 11.6. The van der Waals surface area contributed by atoms with E-state index in [9.17, 15) is 20.0 Å². The number of nitro benzene ring substituents is 1. The molecule has 3 rings (SSSR count). The summed E-state index contributed by atoms with van der Waals surface area (Å²) in [6, 6.07) is 10.6. The molecule has 1 unspecified atom stereocenters. The third-order valence-electron chi connectivity index (χ3n) is 3.65. The maximum Gasteiger partial charge on any atom is 0.311 e. The first-order valence-corrected chi connectivity index (χ1v) is 6.44. The number of hydrogen-bond acceptors (Lipinski definition) is 5. The highest BCUT2D eigenvalue weighted by atomic mass is 16.6. The van der Waals surface area contributed by atoms with Gasteiger partial charge in [0.2, 0.25) is 0 Å². The fourth-order valence-corrected chi connectivity index (χ4v) is 2.58. The normalized spacial score (nSPS) is 19.5. The van der Waals surface area contributed by atoms with E-state index >= 15 is 0 Å². The van der Waals surface area contributed by atoms with E-state index in [1.165, 1.54) is 25.3 Å². The molecule has 1 aliphatic heterocycles. The lowest BCUT2D eigenvalue weighted by atomic mass is 9.94. The molecule has 2 aromatic carbocycles. The van der Waals surface area contributed by atoms with Crippen molar-refractivity contribution in [1.29, 1.82) is 0 Å². The Bertz CT molecular complexity index is 789. The summed E-state index contributed by atoms with van der Waals surface area (Å²) in [5, 5.41) is 24.4. The highest BCUT2D eigenvalue weighted by Crippen LogP contribution is 2.38. The van der Waals surface area contributed by atoms with Crippen LogP contribution in [0, 0.1) is 10.1 Å². The number of carbonyl (C=O) groups is 1. The predicted octanol–water partition coefficient (Wildman–Crippen LogP) is 1.54. The summed E-state index contributed by atoms with van der Waals surface area (Å²) in [6.45, 7) is 0. The molecular formula is C15H12N2O5. The van der Waals surface area contributed by atoms with Crippen molar-refractivity contribution in [2.45, 2.75) is 5.72 Å². The van der Waals surface area contributed by atoms with Gasteiger partial charge in [-0.25, -0.2) is 0 Å². The second kappa shape index (κ2) is 4.81. The van der Waals surface area contributed by atoms with Crippen molar-refractivity contribution in [2.24, 2.45) is 0 Å². The Hall–Kier alpha value is -2.93. The molecule has 22 heavy (non-hydrogen) atoms. The smallest absolute Gasteiger partial charge is 0.311 e. The van der Waals surface area contributed by atoms with Crippen LogP contribution in [0.2, 0.25) is 0 Å². The van der Waals surface area contributed by atoms with Crippen LogP contribution in [0.1, 0.15) is 21.5 Å². The van der Waals surface area contributed by atoms with Gasteiger partial charge in [0.05, 0.1) is 12.0 Å². The number of aliphatic hydroxyl groups is 1. The number of nitro groups is 1. The van der Waals surface area contributed by atoms with Crippen molar-refractivity contribution in [2.75, 3.05) is 7.11 Å². The Balaban J connectivity index is 2.18. The van der Waals surface area contributed by atoms with Crippen molar-refractivity contribution >= 4 is 11.6 Å². The van der Waals surface area contributed by atoms with Gasteiger partial charge in [-0.15, -0.1) is 0 Å².